The van der Waals surface area contributed by atoms with E-state index in [1.807, 2.05) is 6.92 Å². The minimum Gasteiger partial charge on any atom is -0.474 e. The first-order valence-electron chi connectivity index (χ1n) is 6.77. The van der Waals surface area contributed by atoms with E-state index >= 15 is 0 Å². The van der Waals surface area contributed by atoms with Gasteiger partial charge >= 0.3 is 0 Å². The molecule has 1 aromatic rings. The maximum atomic E-state index is 5.94. The van der Waals surface area contributed by atoms with Crippen molar-refractivity contribution in [2.24, 2.45) is 5.92 Å². The molecule has 0 saturated carbocycles. The molecule has 0 aliphatic carbocycles. The zero-order valence-corrected chi connectivity index (χ0v) is 12.4. The fourth-order valence-electron chi connectivity index (χ4n) is 1.46. The van der Waals surface area contributed by atoms with Crippen molar-refractivity contribution in [1.82, 2.24) is 9.97 Å². The van der Waals surface area contributed by atoms with Gasteiger partial charge in [0.15, 0.2) is 0 Å². The molecule has 102 valence electrons. The Bertz CT molecular complexity index is 391. The van der Waals surface area contributed by atoms with Crippen LogP contribution in [0.1, 0.15) is 46.0 Å². The minimum absolute atomic E-state index is 0.151. The summed E-state index contributed by atoms with van der Waals surface area (Å²) in [6, 6.07) is 0. The molecule has 1 unspecified atom stereocenters. The first-order chi connectivity index (χ1) is 8.49. The van der Waals surface area contributed by atoms with Gasteiger partial charge < -0.3 is 10.1 Å². The van der Waals surface area contributed by atoms with Gasteiger partial charge in [0.2, 0.25) is 5.88 Å². The monoisotopic (exact) mass is 251 g/mol. The van der Waals surface area contributed by atoms with Crippen molar-refractivity contribution in [2.45, 2.75) is 54.1 Å². The van der Waals surface area contributed by atoms with E-state index in [9.17, 15) is 0 Å². The van der Waals surface area contributed by atoms with E-state index < -0.39 is 0 Å². The maximum absolute atomic E-state index is 5.94. The number of rotatable bonds is 6. The Morgan fingerprint density at radius 2 is 1.83 bits per heavy atom. The van der Waals surface area contributed by atoms with Crippen molar-refractivity contribution < 1.29 is 4.74 Å². The van der Waals surface area contributed by atoms with Crippen LogP contribution in [0.2, 0.25) is 0 Å². The Morgan fingerprint density at radius 1 is 1.17 bits per heavy atom. The van der Waals surface area contributed by atoms with Crippen molar-refractivity contribution in [3.8, 4) is 5.88 Å². The van der Waals surface area contributed by atoms with Crippen LogP contribution in [0.15, 0.2) is 0 Å². The van der Waals surface area contributed by atoms with Crippen LogP contribution in [-0.2, 0) is 6.42 Å². The number of anilines is 1. The van der Waals surface area contributed by atoms with Crippen LogP contribution in [0.5, 0.6) is 5.88 Å². The molecule has 1 rings (SSSR count). The van der Waals surface area contributed by atoms with Crippen molar-refractivity contribution in [3.63, 3.8) is 0 Å². The summed E-state index contributed by atoms with van der Waals surface area (Å²) in [7, 11) is 0. The first-order valence-corrected chi connectivity index (χ1v) is 6.77. The second kappa shape index (κ2) is 6.57. The molecular formula is C14H25N3O. The lowest BCUT2D eigenvalue weighted by atomic mass is 10.1. The highest BCUT2D eigenvalue weighted by Crippen LogP contribution is 2.24. The van der Waals surface area contributed by atoms with Crippen LogP contribution in [-0.4, -0.2) is 22.6 Å². The average Bonchev–Trinajstić information content (AvgIpc) is 2.33. The molecule has 4 heteroatoms. The van der Waals surface area contributed by atoms with Gasteiger partial charge in [0.05, 0.1) is 11.7 Å². The van der Waals surface area contributed by atoms with Crippen molar-refractivity contribution >= 4 is 5.82 Å². The van der Waals surface area contributed by atoms with Crippen molar-refractivity contribution in [2.75, 3.05) is 11.9 Å². The molecule has 0 bridgehead atoms. The van der Waals surface area contributed by atoms with Crippen LogP contribution in [0.4, 0.5) is 5.82 Å². The van der Waals surface area contributed by atoms with E-state index in [2.05, 4.69) is 49.9 Å². The van der Waals surface area contributed by atoms with Crippen molar-refractivity contribution in [3.05, 3.63) is 11.4 Å². The molecule has 0 fully saturated rings. The van der Waals surface area contributed by atoms with E-state index in [0.29, 0.717) is 11.8 Å². The van der Waals surface area contributed by atoms with Gasteiger partial charge in [0, 0.05) is 13.0 Å². The summed E-state index contributed by atoms with van der Waals surface area (Å²) in [6.07, 6.45) is 0.961. The highest BCUT2D eigenvalue weighted by Gasteiger charge is 2.15. The molecule has 0 amide bonds. The highest BCUT2D eigenvalue weighted by molar-refractivity contribution is 5.48. The Labute approximate surface area is 110 Å². The standard InChI is InChI=1S/C14H25N3O/c1-7-12-16-13(15-8-2)10(5)14(17-12)18-11(6)9(3)4/h9,11H,7-8H2,1-6H3,(H,15,16,17). The summed E-state index contributed by atoms with van der Waals surface area (Å²) < 4.78 is 5.94. The van der Waals surface area contributed by atoms with Crippen LogP contribution >= 0.6 is 0 Å². The lowest BCUT2D eigenvalue weighted by molar-refractivity contribution is 0.161. The fraction of sp³-hybridized carbons (Fsp3) is 0.714. The minimum atomic E-state index is 0.151. The van der Waals surface area contributed by atoms with E-state index in [4.69, 9.17) is 4.74 Å². The third kappa shape index (κ3) is 3.59. The lowest BCUT2D eigenvalue weighted by Crippen LogP contribution is -2.21. The third-order valence-corrected chi connectivity index (χ3v) is 3.04. The van der Waals surface area contributed by atoms with Crippen LogP contribution in [0.3, 0.4) is 0 Å². The molecule has 0 aliphatic heterocycles. The zero-order valence-electron chi connectivity index (χ0n) is 12.4. The predicted molar refractivity (Wildman–Crippen MR) is 75.2 cm³/mol. The summed E-state index contributed by atoms with van der Waals surface area (Å²) in [6.45, 7) is 13.3. The first kappa shape index (κ1) is 14.7. The molecule has 1 atom stereocenters. The molecule has 4 nitrogen and oxygen atoms in total. The Kier molecular flexibility index (Phi) is 5.38. The number of aromatic nitrogens is 2. The van der Waals surface area contributed by atoms with E-state index in [0.717, 1.165) is 30.2 Å². The zero-order chi connectivity index (χ0) is 13.7. The predicted octanol–water partition coefficient (Wildman–Crippen LogP) is 3.20. The van der Waals surface area contributed by atoms with Crippen LogP contribution in [0.25, 0.3) is 0 Å². The largest absolute Gasteiger partial charge is 0.474 e. The molecule has 0 spiro atoms. The van der Waals surface area contributed by atoms with Crippen molar-refractivity contribution in [1.29, 1.82) is 0 Å². The molecule has 1 N–H and O–H groups in total. The number of hydrogen-bond donors (Lipinski definition) is 1. The topological polar surface area (TPSA) is 47.0 Å². The second-order valence-electron chi connectivity index (χ2n) is 4.87. The van der Waals surface area contributed by atoms with Gasteiger partial charge in [0.1, 0.15) is 11.6 Å². The lowest BCUT2D eigenvalue weighted by Gasteiger charge is -2.20. The number of ether oxygens (including phenoxy) is 1. The SMILES string of the molecule is CCNc1nc(CC)nc(OC(C)C(C)C)c1C. The summed E-state index contributed by atoms with van der Waals surface area (Å²) >= 11 is 0. The number of aryl methyl sites for hydroxylation is 1. The van der Waals surface area contributed by atoms with E-state index in [1.54, 1.807) is 0 Å². The molecule has 0 aromatic carbocycles. The Morgan fingerprint density at radius 3 is 2.33 bits per heavy atom. The second-order valence-corrected chi connectivity index (χ2v) is 4.87. The smallest absolute Gasteiger partial charge is 0.222 e. The molecule has 1 aromatic heterocycles. The molecule has 1 heterocycles. The Balaban J connectivity index is 3.05. The van der Waals surface area contributed by atoms with E-state index in [-0.39, 0.29) is 6.10 Å². The third-order valence-electron chi connectivity index (χ3n) is 3.04. The summed E-state index contributed by atoms with van der Waals surface area (Å²) in [4.78, 5) is 8.97. The summed E-state index contributed by atoms with van der Waals surface area (Å²) in [5.41, 5.74) is 0.988. The van der Waals surface area contributed by atoms with Gasteiger partial charge in [-0.05, 0) is 26.7 Å². The van der Waals surface area contributed by atoms with Gasteiger partial charge in [-0.3, -0.25) is 0 Å². The van der Waals surface area contributed by atoms with E-state index in [1.165, 1.54) is 0 Å². The van der Waals surface area contributed by atoms with Gasteiger partial charge in [-0.15, -0.1) is 0 Å². The number of nitrogens with zero attached hydrogens (tertiary/aromatic N) is 2. The Hall–Kier alpha value is -1.32. The quantitative estimate of drug-likeness (QED) is 0.843. The van der Waals surface area contributed by atoms with Gasteiger partial charge in [-0.25, -0.2) is 4.98 Å². The molecule has 18 heavy (non-hydrogen) atoms. The molecule has 0 radical (unpaired) electrons. The fourth-order valence-corrected chi connectivity index (χ4v) is 1.46. The molecule has 0 saturated heterocycles. The highest BCUT2D eigenvalue weighted by atomic mass is 16.5. The van der Waals surface area contributed by atoms with Gasteiger partial charge in [0.25, 0.3) is 0 Å². The van der Waals surface area contributed by atoms with Crippen LogP contribution in [0, 0.1) is 12.8 Å². The molecule has 0 aliphatic rings. The molecular weight excluding hydrogens is 226 g/mol. The van der Waals surface area contributed by atoms with Gasteiger partial charge in [-0.2, -0.15) is 4.98 Å². The normalized spacial score (nSPS) is 12.6. The maximum Gasteiger partial charge on any atom is 0.222 e. The summed E-state index contributed by atoms with van der Waals surface area (Å²) in [5.74, 6) is 2.88. The van der Waals surface area contributed by atoms with Crippen LogP contribution < -0.4 is 10.1 Å². The summed E-state index contributed by atoms with van der Waals surface area (Å²) in [5, 5.41) is 3.26. The van der Waals surface area contributed by atoms with Gasteiger partial charge in [-0.1, -0.05) is 20.8 Å². The average molecular weight is 251 g/mol. The number of hydrogen-bond acceptors (Lipinski definition) is 4. The number of nitrogens with one attached hydrogen (secondary N) is 1.